The molecule has 1 heterocycles. The molecule has 0 radical (unpaired) electrons. The molecule has 0 bridgehead atoms. The summed E-state index contributed by atoms with van der Waals surface area (Å²) in [5.74, 6) is 1.57. The van der Waals surface area contributed by atoms with Gasteiger partial charge in [-0.25, -0.2) is 0 Å². The third-order valence-electron chi connectivity index (χ3n) is 8.16. The first-order chi connectivity index (χ1) is 18.9. The minimum Gasteiger partial charge on any atom is -0.493 e. The Bertz CT molecular complexity index is 1010. The first kappa shape index (κ1) is 29.9. The Morgan fingerprint density at radius 1 is 1.08 bits per heavy atom. The fraction of sp³-hybridized carbons (Fsp3) is 0.700. The lowest BCUT2D eigenvalue weighted by Crippen LogP contribution is -2.35. The van der Waals surface area contributed by atoms with Crippen molar-refractivity contribution in [3.05, 3.63) is 23.8 Å². The molecular formula is C30H41NO6S2. The average molecular weight is 576 g/mol. The van der Waals surface area contributed by atoms with Gasteiger partial charge in [0.05, 0.1) is 30.6 Å². The van der Waals surface area contributed by atoms with Gasteiger partial charge in [0.2, 0.25) is 6.29 Å². The summed E-state index contributed by atoms with van der Waals surface area (Å²) in [7, 11) is 5.51. The first-order valence-corrected chi connectivity index (χ1v) is 16.8. The third kappa shape index (κ3) is 8.23. The van der Waals surface area contributed by atoms with E-state index < -0.39 is 11.7 Å². The summed E-state index contributed by atoms with van der Waals surface area (Å²) in [6, 6.07) is 8.31. The van der Waals surface area contributed by atoms with Crippen LogP contribution in [0.5, 0.6) is 11.5 Å². The second-order valence-electron chi connectivity index (χ2n) is 10.9. The van der Waals surface area contributed by atoms with Crippen molar-refractivity contribution in [2.45, 2.75) is 113 Å². The van der Waals surface area contributed by atoms with Crippen LogP contribution in [-0.4, -0.2) is 42.4 Å². The van der Waals surface area contributed by atoms with Crippen LogP contribution in [0.25, 0.3) is 0 Å². The maximum Gasteiger partial charge on any atom is 0.311 e. The Labute approximate surface area is 240 Å². The monoisotopic (exact) mass is 575 g/mol. The van der Waals surface area contributed by atoms with E-state index in [-0.39, 0.29) is 24.0 Å². The Morgan fingerprint density at radius 3 is 2.51 bits per heavy atom. The number of carbonyl (C=O) groups is 2. The molecule has 2 aliphatic carbocycles. The van der Waals surface area contributed by atoms with Crippen molar-refractivity contribution in [3.63, 3.8) is 0 Å². The minimum absolute atomic E-state index is 0.184. The summed E-state index contributed by atoms with van der Waals surface area (Å²) in [5.41, 5.74) is 0.211. The number of rotatable bonds is 12. The van der Waals surface area contributed by atoms with Gasteiger partial charge in [-0.1, -0.05) is 34.1 Å². The van der Waals surface area contributed by atoms with E-state index in [9.17, 15) is 14.9 Å². The van der Waals surface area contributed by atoms with Gasteiger partial charge in [0.1, 0.15) is 0 Å². The summed E-state index contributed by atoms with van der Waals surface area (Å²) < 4.78 is 22.6. The molecule has 9 heteroatoms. The van der Waals surface area contributed by atoms with Gasteiger partial charge >= 0.3 is 11.9 Å². The number of hydrogen-bond acceptors (Lipinski definition) is 9. The number of esters is 2. The summed E-state index contributed by atoms with van der Waals surface area (Å²) in [5, 5.41) is 10.9. The number of unbranched alkanes of at least 4 members (excludes halogenated alkanes) is 1. The smallest absolute Gasteiger partial charge is 0.311 e. The molecule has 2 saturated carbocycles. The van der Waals surface area contributed by atoms with Crippen LogP contribution in [0.2, 0.25) is 0 Å². The largest absolute Gasteiger partial charge is 0.493 e. The topological polar surface area (TPSA) is 94.9 Å². The van der Waals surface area contributed by atoms with Crippen LogP contribution < -0.4 is 9.47 Å². The normalized spacial score (nSPS) is 26.0. The Hall–Kier alpha value is -2.05. The average Bonchev–Trinajstić information content (AvgIpc) is 3.66. The zero-order chi connectivity index (χ0) is 27.7. The number of benzene rings is 1. The molecule has 39 heavy (non-hydrogen) atoms. The molecule has 1 aromatic rings. The maximum atomic E-state index is 12.8. The highest BCUT2D eigenvalue weighted by molar-refractivity contribution is 8.77. The van der Waals surface area contributed by atoms with Crippen molar-refractivity contribution in [2.75, 3.05) is 12.9 Å². The number of carbonyl (C=O) groups excluding carboxylic acids is 2. The summed E-state index contributed by atoms with van der Waals surface area (Å²) in [6.07, 6.45) is 10.4. The van der Waals surface area contributed by atoms with Gasteiger partial charge in [-0.15, -0.1) is 0 Å². The second kappa shape index (κ2) is 14.5. The van der Waals surface area contributed by atoms with Crippen molar-refractivity contribution in [3.8, 4) is 17.6 Å². The van der Waals surface area contributed by atoms with Crippen molar-refractivity contribution in [1.29, 1.82) is 5.26 Å². The van der Waals surface area contributed by atoms with Crippen LogP contribution in [0.3, 0.4) is 0 Å². The van der Waals surface area contributed by atoms with Crippen molar-refractivity contribution >= 4 is 33.5 Å². The molecule has 214 valence electrons. The minimum atomic E-state index is -0.911. The van der Waals surface area contributed by atoms with Crippen molar-refractivity contribution < 1.29 is 28.5 Å². The zero-order valence-corrected chi connectivity index (χ0v) is 24.8. The Balaban J connectivity index is 1.24. The van der Waals surface area contributed by atoms with Gasteiger partial charge in [0.25, 0.3) is 0 Å². The zero-order valence-electron chi connectivity index (χ0n) is 23.2. The van der Waals surface area contributed by atoms with E-state index in [4.69, 9.17) is 18.9 Å². The number of methoxy groups -OCH3 is 1. The molecule has 3 aliphatic rings. The highest BCUT2D eigenvalue weighted by atomic mass is 33.1. The van der Waals surface area contributed by atoms with Gasteiger partial charge in [-0.2, -0.15) is 5.26 Å². The molecule has 0 N–H and O–H groups in total. The Morgan fingerprint density at radius 2 is 1.85 bits per heavy atom. The van der Waals surface area contributed by atoms with Crippen LogP contribution >= 0.6 is 21.6 Å². The van der Waals surface area contributed by atoms with Gasteiger partial charge in [-0.05, 0) is 88.3 Å². The molecule has 3 fully saturated rings. The molecule has 0 amide bonds. The quantitative estimate of drug-likeness (QED) is 0.112. The lowest BCUT2D eigenvalue weighted by atomic mass is 9.67. The van der Waals surface area contributed by atoms with E-state index >= 15 is 0 Å². The predicted octanol–water partition coefficient (Wildman–Crippen LogP) is 7.11. The van der Waals surface area contributed by atoms with Crippen LogP contribution in [0.4, 0.5) is 0 Å². The van der Waals surface area contributed by atoms with Crippen molar-refractivity contribution in [1.82, 2.24) is 0 Å². The third-order valence-corrected chi connectivity index (χ3v) is 11.2. The number of nitriles is 1. The van der Waals surface area contributed by atoms with E-state index in [0.29, 0.717) is 48.9 Å². The SMILES string of the molecule is COc1ccc(C2(C#N)CCC(C(=O)OC(C)OC(=O)CCCC[C@@H]3CCSS3)CC2)cc1OC1CCCC1. The molecule has 4 rings (SSSR count). The second-order valence-corrected chi connectivity index (χ2v) is 13.7. The molecule has 1 saturated heterocycles. The molecule has 2 atom stereocenters. The summed E-state index contributed by atoms with van der Waals surface area (Å²) >= 11 is 0. The predicted molar refractivity (Wildman–Crippen MR) is 154 cm³/mol. The van der Waals surface area contributed by atoms with Gasteiger partial charge < -0.3 is 18.9 Å². The van der Waals surface area contributed by atoms with Crippen LogP contribution in [0.15, 0.2) is 18.2 Å². The molecule has 7 nitrogen and oxygen atoms in total. The highest BCUT2D eigenvalue weighted by Crippen LogP contribution is 2.44. The standard InChI is InChI=1S/C30H41NO6S2/c1-21(35-28(32)10-6-5-9-25-15-18-38-39-25)36-29(33)22-13-16-30(20-31,17-14-22)23-11-12-26(34-2)27(19-23)37-24-7-3-4-8-24/h11-12,19,21-22,24-25H,3-10,13-18H2,1-2H3/t21?,22?,25-,30?/m1/s1. The van der Waals surface area contributed by atoms with E-state index in [1.807, 2.05) is 39.8 Å². The van der Waals surface area contributed by atoms with E-state index in [1.54, 1.807) is 14.0 Å². The van der Waals surface area contributed by atoms with Crippen LogP contribution in [0, 0.1) is 17.2 Å². The fourth-order valence-corrected chi connectivity index (χ4v) is 8.82. The van der Waals surface area contributed by atoms with E-state index in [1.165, 1.54) is 25.0 Å². The Kier molecular flexibility index (Phi) is 11.2. The van der Waals surface area contributed by atoms with E-state index in [2.05, 4.69) is 6.07 Å². The number of ether oxygens (including phenoxy) is 4. The summed E-state index contributed by atoms with van der Waals surface area (Å²) in [6.45, 7) is 1.59. The molecular weight excluding hydrogens is 534 g/mol. The van der Waals surface area contributed by atoms with Gasteiger partial charge in [-0.3, -0.25) is 9.59 Å². The molecule has 1 unspecified atom stereocenters. The molecule has 1 aliphatic heterocycles. The first-order valence-electron chi connectivity index (χ1n) is 14.4. The van der Waals surface area contributed by atoms with Crippen molar-refractivity contribution in [2.24, 2.45) is 5.92 Å². The molecule has 0 spiro atoms. The van der Waals surface area contributed by atoms with Crippen LogP contribution in [-0.2, 0) is 24.5 Å². The van der Waals surface area contributed by atoms with E-state index in [0.717, 1.165) is 37.7 Å². The lowest BCUT2D eigenvalue weighted by Gasteiger charge is -2.35. The lowest BCUT2D eigenvalue weighted by molar-refractivity contribution is -0.188. The van der Waals surface area contributed by atoms with Crippen LogP contribution in [0.1, 0.15) is 96.0 Å². The van der Waals surface area contributed by atoms with Gasteiger partial charge in [0.15, 0.2) is 11.5 Å². The molecule has 0 aromatic heterocycles. The maximum absolute atomic E-state index is 12.8. The number of hydrogen-bond donors (Lipinski definition) is 0. The fourth-order valence-electron chi connectivity index (χ4n) is 5.80. The summed E-state index contributed by atoms with van der Waals surface area (Å²) in [4.78, 5) is 25.0. The number of nitrogens with zero attached hydrogens (tertiary/aromatic N) is 1. The van der Waals surface area contributed by atoms with Gasteiger partial charge in [0, 0.05) is 24.3 Å². The molecule has 1 aromatic carbocycles. The highest BCUT2D eigenvalue weighted by Gasteiger charge is 2.40.